The Balaban J connectivity index is 2.29. The van der Waals surface area contributed by atoms with Crippen LogP contribution in [0.5, 0.6) is 0 Å². The van der Waals surface area contributed by atoms with Gasteiger partial charge in [0.1, 0.15) is 0 Å². The Kier molecular flexibility index (Phi) is 7.96. The van der Waals surface area contributed by atoms with E-state index in [1.165, 1.54) is 37.7 Å². The molecule has 1 rings (SSSR count). The molecule has 1 aromatic carbocycles. The Hall–Kier alpha value is -0.0500. The minimum atomic E-state index is 0.563. The molecule has 1 unspecified atom stereocenters. The summed E-state index contributed by atoms with van der Waals surface area (Å²) in [6.07, 6.45) is 6.57. The molecule has 0 heterocycles. The van der Waals surface area contributed by atoms with Crippen LogP contribution in [0.25, 0.3) is 0 Å². The van der Waals surface area contributed by atoms with Gasteiger partial charge in [0, 0.05) is 22.1 Å². The lowest BCUT2D eigenvalue weighted by atomic mass is 10.1. The third kappa shape index (κ3) is 6.21. The van der Waals surface area contributed by atoms with E-state index < -0.39 is 0 Å². The summed E-state index contributed by atoms with van der Waals surface area (Å²) in [5.74, 6) is 0. The van der Waals surface area contributed by atoms with Crippen LogP contribution in [-0.2, 0) is 6.54 Å². The third-order valence-corrected chi connectivity index (χ3v) is 4.15. The van der Waals surface area contributed by atoms with Crippen molar-refractivity contribution >= 4 is 27.5 Å². The van der Waals surface area contributed by atoms with Crippen LogP contribution in [0.15, 0.2) is 22.7 Å². The SMILES string of the molecule is CCCCCCC(C)NCc1cc(Cl)ccc1Br. The summed E-state index contributed by atoms with van der Waals surface area (Å²) in [6, 6.07) is 6.49. The molecule has 0 aliphatic rings. The molecule has 18 heavy (non-hydrogen) atoms. The number of hydrogen-bond donors (Lipinski definition) is 1. The highest BCUT2D eigenvalue weighted by Gasteiger charge is 2.04. The predicted molar refractivity (Wildman–Crippen MR) is 84.2 cm³/mol. The highest BCUT2D eigenvalue weighted by atomic mass is 79.9. The number of hydrogen-bond acceptors (Lipinski definition) is 1. The number of benzene rings is 1. The van der Waals surface area contributed by atoms with Gasteiger partial charge in [-0.05, 0) is 37.1 Å². The first-order valence-electron chi connectivity index (χ1n) is 6.80. The quantitative estimate of drug-likeness (QED) is 0.615. The summed E-state index contributed by atoms with van der Waals surface area (Å²) in [5, 5.41) is 4.35. The van der Waals surface area contributed by atoms with Crippen molar-refractivity contribution in [3.05, 3.63) is 33.3 Å². The Morgan fingerprint density at radius 2 is 2.06 bits per heavy atom. The molecule has 102 valence electrons. The predicted octanol–water partition coefficient (Wildman–Crippen LogP) is 5.55. The molecule has 0 saturated carbocycles. The van der Waals surface area contributed by atoms with E-state index in [0.29, 0.717) is 6.04 Å². The molecule has 0 saturated heterocycles. The van der Waals surface area contributed by atoms with Crippen LogP contribution < -0.4 is 5.32 Å². The molecule has 1 aromatic rings. The van der Waals surface area contributed by atoms with E-state index in [2.05, 4.69) is 35.1 Å². The molecule has 0 fully saturated rings. The van der Waals surface area contributed by atoms with Crippen molar-refractivity contribution in [2.75, 3.05) is 0 Å². The van der Waals surface area contributed by atoms with E-state index in [1.54, 1.807) is 0 Å². The zero-order chi connectivity index (χ0) is 13.4. The van der Waals surface area contributed by atoms with Crippen molar-refractivity contribution in [1.82, 2.24) is 5.32 Å². The monoisotopic (exact) mass is 331 g/mol. The van der Waals surface area contributed by atoms with Crippen LogP contribution in [0.2, 0.25) is 5.02 Å². The van der Waals surface area contributed by atoms with Crippen LogP contribution >= 0.6 is 27.5 Å². The average molecular weight is 333 g/mol. The van der Waals surface area contributed by atoms with Crippen LogP contribution in [0.1, 0.15) is 51.5 Å². The molecule has 3 heteroatoms. The largest absolute Gasteiger partial charge is 0.310 e. The zero-order valence-electron chi connectivity index (χ0n) is 11.3. The van der Waals surface area contributed by atoms with Crippen molar-refractivity contribution < 1.29 is 0 Å². The lowest BCUT2D eigenvalue weighted by molar-refractivity contribution is 0.482. The Labute approximate surface area is 124 Å². The lowest BCUT2D eigenvalue weighted by Gasteiger charge is -2.14. The molecular formula is C15H23BrClN. The standard InChI is InChI=1S/C15H23BrClN/c1-3-4-5-6-7-12(2)18-11-13-10-14(17)8-9-15(13)16/h8-10,12,18H,3-7,11H2,1-2H3. The van der Waals surface area contributed by atoms with Gasteiger partial charge in [-0.3, -0.25) is 0 Å². The first kappa shape index (κ1) is 16.0. The Morgan fingerprint density at radius 1 is 1.28 bits per heavy atom. The Morgan fingerprint density at radius 3 is 2.78 bits per heavy atom. The molecule has 1 atom stereocenters. The van der Waals surface area contributed by atoms with Crippen molar-refractivity contribution in [2.45, 2.75) is 58.5 Å². The topological polar surface area (TPSA) is 12.0 Å². The van der Waals surface area contributed by atoms with Gasteiger partial charge < -0.3 is 5.32 Å². The van der Waals surface area contributed by atoms with Crippen LogP contribution in [0, 0.1) is 0 Å². The number of unbranched alkanes of at least 4 members (excludes halogenated alkanes) is 3. The minimum absolute atomic E-state index is 0.563. The Bertz CT molecular complexity index is 354. The number of halogens is 2. The van der Waals surface area contributed by atoms with Gasteiger partial charge in [-0.15, -0.1) is 0 Å². The molecule has 0 aromatic heterocycles. The van der Waals surface area contributed by atoms with E-state index in [9.17, 15) is 0 Å². The summed E-state index contributed by atoms with van der Waals surface area (Å²) in [6.45, 7) is 5.37. The van der Waals surface area contributed by atoms with Crippen molar-refractivity contribution in [2.24, 2.45) is 0 Å². The normalized spacial score (nSPS) is 12.7. The van der Waals surface area contributed by atoms with E-state index in [-0.39, 0.29) is 0 Å². The van der Waals surface area contributed by atoms with Gasteiger partial charge in [-0.1, -0.05) is 60.1 Å². The number of nitrogens with one attached hydrogen (secondary N) is 1. The van der Waals surface area contributed by atoms with Crippen molar-refractivity contribution in [3.63, 3.8) is 0 Å². The van der Waals surface area contributed by atoms with Gasteiger partial charge in [-0.25, -0.2) is 0 Å². The van der Waals surface area contributed by atoms with E-state index in [4.69, 9.17) is 11.6 Å². The molecule has 1 N–H and O–H groups in total. The van der Waals surface area contributed by atoms with Gasteiger partial charge in [0.2, 0.25) is 0 Å². The van der Waals surface area contributed by atoms with Gasteiger partial charge in [0.25, 0.3) is 0 Å². The molecule has 0 bridgehead atoms. The lowest BCUT2D eigenvalue weighted by Crippen LogP contribution is -2.25. The van der Waals surface area contributed by atoms with Crippen molar-refractivity contribution in [1.29, 1.82) is 0 Å². The minimum Gasteiger partial charge on any atom is -0.310 e. The summed E-state index contributed by atoms with van der Waals surface area (Å²) < 4.78 is 1.12. The smallest absolute Gasteiger partial charge is 0.0410 e. The fourth-order valence-corrected chi connectivity index (χ4v) is 2.52. The first-order valence-corrected chi connectivity index (χ1v) is 7.98. The zero-order valence-corrected chi connectivity index (χ0v) is 13.6. The van der Waals surface area contributed by atoms with E-state index in [1.807, 2.05) is 18.2 Å². The van der Waals surface area contributed by atoms with E-state index >= 15 is 0 Å². The van der Waals surface area contributed by atoms with Gasteiger partial charge in [0.15, 0.2) is 0 Å². The molecule has 1 nitrogen and oxygen atoms in total. The van der Waals surface area contributed by atoms with Gasteiger partial charge in [0.05, 0.1) is 0 Å². The molecule has 0 aliphatic heterocycles. The molecule has 0 amide bonds. The first-order chi connectivity index (χ1) is 8.63. The van der Waals surface area contributed by atoms with Crippen LogP contribution in [0.3, 0.4) is 0 Å². The highest BCUT2D eigenvalue weighted by Crippen LogP contribution is 2.21. The fourth-order valence-electron chi connectivity index (χ4n) is 1.94. The summed E-state index contributed by atoms with van der Waals surface area (Å²) in [4.78, 5) is 0. The number of rotatable bonds is 8. The van der Waals surface area contributed by atoms with E-state index in [0.717, 1.165) is 16.0 Å². The second kappa shape index (κ2) is 8.95. The molecule has 0 radical (unpaired) electrons. The van der Waals surface area contributed by atoms with Crippen LogP contribution in [-0.4, -0.2) is 6.04 Å². The third-order valence-electron chi connectivity index (χ3n) is 3.14. The second-order valence-electron chi connectivity index (χ2n) is 4.87. The summed E-state index contributed by atoms with van der Waals surface area (Å²) in [5.41, 5.74) is 1.22. The van der Waals surface area contributed by atoms with Gasteiger partial charge in [-0.2, -0.15) is 0 Å². The maximum Gasteiger partial charge on any atom is 0.0410 e. The molecule has 0 spiro atoms. The highest BCUT2D eigenvalue weighted by molar-refractivity contribution is 9.10. The maximum atomic E-state index is 6.00. The summed E-state index contributed by atoms with van der Waals surface area (Å²) in [7, 11) is 0. The molecular weight excluding hydrogens is 310 g/mol. The fraction of sp³-hybridized carbons (Fsp3) is 0.600. The average Bonchev–Trinajstić information content (AvgIpc) is 2.36. The molecule has 0 aliphatic carbocycles. The second-order valence-corrected chi connectivity index (χ2v) is 6.16. The van der Waals surface area contributed by atoms with Crippen LogP contribution in [0.4, 0.5) is 0 Å². The van der Waals surface area contributed by atoms with Gasteiger partial charge >= 0.3 is 0 Å². The maximum absolute atomic E-state index is 6.00. The van der Waals surface area contributed by atoms with Crippen molar-refractivity contribution in [3.8, 4) is 0 Å². The summed E-state index contributed by atoms with van der Waals surface area (Å²) >= 11 is 9.56.